The first-order valence-electron chi connectivity index (χ1n) is 4.19. The minimum absolute atomic E-state index is 0.294. The van der Waals surface area contributed by atoms with E-state index in [-0.39, 0.29) is 0 Å². The SMILES string of the molecule is [B]c1ccc2cc(C(=O)O)ccc2c1. The van der Waals surface area contributed by atoms with Crippen molar-refractivity contribution < 1.29 is 9.90 Å². The maximum atomic E-state index is 10.7. The van der Waals surface area contributed by atoms with Crippen molar-refractivity contribution in [1.82, 2.24) is 0 Å². The Morgan fingerprint density at radius 3 is 2.43 bits per heavy atom. The predicted octanol–water partition coefficient (Wildman–Crippen LogP) is 1.33. The molecule has 3 heteroatoms. The quantitative estimate of drug-likeness (QED) is 0.675. The highest BCUT2D eigenvalue weighted by atomic mass is 16.4. The maximum absolute atomic E-state index is 10.7. The molecule has 0 bridgehead atoms. The van der Waals surface area contributed by atoms with Gasteiger partial charge in [0.2, 0.25) is 0 Å². The number of rotatable bonds is 1. The largest absolute Gasteiger partial charge is 0.478 e. The molecule has 0 aliphatic rings. The number of aromatic carboxylic acids is 1. The summed E-state index contributed by atoms with van der Waals surface area (Å²) < 4.78 is 0. The maximum Gasteiger partial charge on any atom is 0.335 e. The van der Waals surface area contributed by atoms with Gasteiger partial charge in [-0.15, -0.1) is 0 Å². The molecule has 2 nitrogen and oxygen atoms in total. The van der Waals surface area contributed by atoms with E-state index < -0.39 is 5.97 Å². The van der Waals surface area contributed by atoms with E-state index in [1.165, 1.54) is 0 Å². The van der Waals surface area contributed by atoms with Gasteiger partial charge in [0.15, 0.2) is 0 Å². The van der Waals surface area contributed by atoms with E-state index in [4.69, 9.17) is 13.0 Å². The molecule has 0 aliphatic heterocycles. The highest BCUT2D eigenvalue weighted by molar-refractivity contribution is 6.33. The van der Waals surface area contributed by atoms with Gasteiger partial charge in [-0.1, -0.05) is 29.7 Å². The van der Waals surface area contributed by atoms with Gasteiger partial charge in [0.05, 0.1) is 5.56 Å². The molecular formula is C11H7BO2. The first-order chi connectivity index (χ1) is 6.66. The molecule has 1 N–H and O–H groups in total. The van der Waals surface area contributed by atoms with Crippen LogP contribution in [-0.2, 0) is 0 Å². The van der Waals surface area contributed by atoms with Crippen LogP contribution in [0.2, 0.25) is 0 Å². The molecule has 0 atom stereocenters. The van der Waals surface area contributed by atoms with Crippen LogP contribution in [0.25, 0.3) is 10.8 Å². The Kier molecular flexibility index (Phi) is 2.00. The summed E-state index contributed by atoms with van der Waals surface area (Å²) >= 11 is 0. The molecule has 2 radical (unpaired) electrons. The van der Waals surface area contributed by atoms with Crippen LogP contribution >= 0.6 is 0 Å². The van der Waals surface area contributed by atoms with Crippen LogP contribution in [-0.4, -0.2) is 18.9 Å². The lowest BCUT2D eigenvalue weighted by molar-refractivity contribution is 0.0697. The molecule has 0 heterocycles. The van der Waals surface area contributed by atoms with E-state index in [0.717, 1.165) is 10.8 Å². The van der Waals surface area contributed by atoms with Gasteiger partial charge >= 0.3 is 5.97 Å². The van der Waals surface area contributed by atoms with Crippen LogP contribution in [0.5, 0.6) is 0 Å². The van der Waals surface area contributed by atoms with E-state index in [0.29, 0.717) is 11.0 Å². The molecule has 0 saturated carbocycles. The molecule has 0 aliphatic carbocycles. The van der Waals surface area contributed by atoms with Crippen molar-refractivity contribution in [3.8, 4) is 0 Å². The smallest absolute Gasteiger partial charge is 0.335 e. The number of carbonyl (C=O) groups is 1. The van der Waals surface area contributed by atoms with Gasteiger partial charge in [-0.05, 0) is 22.9 Å². The van der Waals surface area contributed by atoms with E-state index in [2.05, 4.69) is 0 Å². The lowest BCUT2D eigenvalue weighted by atomic mass is 9.93. The summed E-state index contributed by atoms with van der Waals surface area (Å²) in [4.78, 5) is 10.7. The third-order valence-electron chi connectivity index (χ3n) is 2.11. The molecule has 0 saturated heterocycles. The summed E-state index contributed by atoms with van der Waals surface area (Å²) in [5, 5.41) is 10.6. The molecular weight excluding hydrogens is 175 g/mol. The summed E-state index contributed by atoms with van der Waals surface area (Å²) in [6.45, 7) is 0. The molecule has 0 spiro atoms. The zero-order valence-electron chi connectivity index (χ0n) is 7.40. The first kappa shape index (κ1) is 8.82. The predicted molar refractivity (Wildman–Crippen MR) is 56.3 cm³/mol. The Labute approximate surface area is 82.6 Å². The van der Waals surface area contributed by atoms with Gasteiger partial charge in [0, 0.05) is 0 Å². The number of carboxylic acids is 1. The normalized spacial score (nSPS) is 10.3. The molecule has 2 aromatic rings. The fourth-order valence-electron chi connectivity index (χ4n) is 1.40. The van der Waals surface area contributed by atoms with Crippen molar-refractivity contribution in [3.63, 3.8) is 0 Å². The number of benzene rings is 2. The fraction of sp³-hybridized carbons (Fsp3) is 0. The highest BCUT2D eigenvalue weighted by Gasteiger charge is 2.02. The van der Waals surface area contributed by atoms with Crippen LogP contribution in [0, 0.1) is 0 Å². The topological polar surface area (TPSA) is 37.3 Å². The Bertz CT molecular complexity index is 506. The Hall–Kier alpha value is -1.77. The van der Waals surface area contributed by atoms with Crippen molar-refractivity contribution in [1.29, 1.82) is 0 Å². The van der Waals surface area contributed by atoms with Crippen molar-refractivity contribution in [3.05, 3.63) is 42.0 Å². The third kappa shape index (κ3) is 1.49. The monoisotopic (exact) mass is 182 g/mol. The molecule has 0 aromatic heterocycles. The standard InChI is InChI=1S/C11H7BO2/c12-10-4-3-7-5-9(11(13)14)2-1-8(7)6-10/h1-6H,(H,13,14). The zero-order chi connectivity index (χ0) is 10.1. The first-order valence-corrected chi connectivity index (χ1v) is 4.19. The molecule has 0 fully saturated rings. The molecule has 2 rings (SSSR count). The number of hydrogen-bond donors (Lipinski definition) is 1. The van der Waals surface area contributed by atoms with E-state index >= 15 is 0 Å². The van der Waals surface area contributed by atoms with Crippen LogP contribution < -0.4 is 5.46 Å². The Balaban J connectivity index is 2.67. The van der Waals surface area contributed by atoms with Crippen LogP contribution in [0.4, 0.5) is 0 Å². The summed E-state index contributed by atoms with van der Waals surface area (Å²) in [5.41, 5.74) is 0.975. The minimum Gasteiger partial charge on any atom is -0.478 e. The van der Waals surface area contributed by atoms with E-state index in [1.807, 2.05) is 12.1 Å². The van der Waals surface area contributed by atoms with Gasteiger partial charge in [0.25, 0.3) is 0 Å². The molecule has 14 heavy (non-hydrogen) atoms. The second-order valence-corrected chi connectivity index (χ2v) is 3.13. The van der Waals surface area contributed by atoms with Gasteiger partial charge in [-0.2, -0.15) is 0 Å². The average molecular weight is 182 g/mol. The van der Waals surface area contributed by atoms with E-state index in [1.54, 1.807) is 24.3 Å². The van der Waals surface area contributed by atoms with Gasteiger partial charge in [-0.25, -0.2) is 4.79 Å². The van der Waals surface area contributed by atoms with Crippen LogP contribution in [0.15, 0.2) is 36.4 Å². The Morgan fingerprint density at radius 2 is 1.71 bits per heavy atom. The van der Waals surface area contributed by atoms with Gasteiger partial charge in [0.1, 0.15) is 7.85 Å². The molecule has 66 valence electrons. The lowest BCUT2D eigenvalue weighted by Crippen LogP contribution is -2.00. The summed E-state index contributed by atoms with van der Waals surface area (Å²) in [7, 11) is 5.61. The summed E-state index contributed by atoms with van der Waals surface area (Å²) in [6.07, 6.45) is 0. The second-order valence-electron chi connectivity index (χ2n) is 3.13. The summed E-state index contributed by atoms with van der Waals surface area (Å²) in [5.74, 6) is -0.913. The average Bonchev–Trinajstić information content (AvgIpc) is 2.16. The van der Waals surface area contributed by atoms with Crippen molar-refractivity contribution in [2.45, 2.75) is 0 Å². The van der Waals surface area contributed by atoms with Crippen LogP contribution in [0.3, 0.4) is 0 Å². The zero-order valence-corrected chi connectivity index (χ0v) is 7.40. The minimum atomic E-state index is -0.913. The third-order valence-corrected chi connectivity index (χ3v) is 2.11. The Morgan fingerprint density at radius 1 is 1.07 bits per heavy atom. The van der Waals surface area contributed by atoms with E-state index in [9.17, 15) is 4.79 Å². The highest BCUT2D eigenvalue weighted by Crippen LogP contribution is 2.14. The number of hydrogen-bond acceptors (Lipinski definition) is 1. The van der Waals surface area contributed by atoms with Crippen molar-refractivity contribution >= 4 is 30.1 Å². The second kappa shape index (κ2) is 3.18. The fourth-order valence-corrected chi connectivity index (χ4v) is 1.40. The molecule has 2 aromatic carbocycles. The number of carboxylic acid groups (broad SMARTS) is 1. The molecule has 0 amide bonds. The van der Waals surface area contributed by atoms with Crippen molar-refractivity contribution in [2.24, 2.45) is 0 Å². The number of fused-ring (bicyclic) bond motifs is 1. The lowest BCUT2D eigenvalue weighted by Gasteiger charge is -2.00. The van der Waals surface area contributed by atoms with Crippen molar-refractivity contribution in [2.75, 3.05) is 0 Å². The molecule has 0 unspecified atom stereocenters. The van der Waals surface area contributed by atoms with Crippen LogP contribution in [0.1, 0.15) is 10.4 Å². The van der Waals surface area contributed by atoms with Gasteiger partial charge < -0.3 is 5.11 Å². The van der Waals surface area contributed by atoms with Gasteiger partial charge in [-0.3, -0.25) is 0 Å². The summed E-state index contributed by atoms with van der Waals surface area (Å²) in [6, 6.07) is 10.4.